The minimum atomic E-state index is -3.90. The summed E-state index contributed by atoms with van der Waals surface area (Å²) in [6.07, 6.45) is 7.54. The van der Waals surface area contributed by atoms with Crippen molar-refractivity contribution in [3.63, 3.8) is 0 Å². The first-order chi connectivity index (χ1) is 13.4. The molecule has 3 aromatic rings. The molecule has 0 unspecified atom stereocenters. The van der Waals surface area contributed by atoms with Gasteiger partial charge in [-0.05, 0) is 76.0 Å². The van der Waals surface area contributed by atoms with Crippen LogP contribution in [-0.4, -0.2) is 42.4 Å². The minimum Gasteiger partial charge on any atom is -0.306 e. The zero-order valence-corrected chi connectivity index (χ0v) is 16.9. The molecule has 0 aliphatic heterocycles. The van der Waals surface area contributed by atoms with E-state index in [1.54, 1.807) is 24.5 Å². The largest absolute Gasteiger partial charge is 0.306 e. The maximum atomic E-state index is 13.6. The first-order valence-corrected chi connectivity index (χ1v) is 11.0. The number of fused-ring (bicyclic) bond motifs is 1. The lowest BCUT2D eigenvalue weighted by atomic mass is 9.82. The lowest BCUT2D eigenvalue weighted by Gasteiger charge is -2.32. The fourth-order valence-corrected chi connectivity index (χ4v) is 5.59. The Hall–Kier alpha value is -2.25. The number of hydrogen-bond donors (Lipinski definition) is 0. The number of aromatic nitrogens is 2. The topological polar surface area (TPSA) is 55.2 Å². The molecule has 0 N–H and O–H groups in total. The van der Waals surface area contributed by atoms with E-state index in [1.807, 2.05) is 0 Å². The van der Waals surface area contributed by atoms with Crippen LogP contribution in [0.3, 0.4) is 0 Å². The van der Waals surface area contributed by atoms with E-state index in [4.69, 9.17) is 0 Å². The molecule has 0 bridgehead atoms. The molecule has 0 radical (unpaired) electrons. The van der Waals surface area contributed by atoms with Crippen molar-refractivity contribution in [1.82, 2.24) is 13.9 Å². The number of pyridine rings is 1. The second-order valence-electron chi connectivity index (χ2n) is 7.68. The zero-order valence-electron chi connectivity index (χ0n) is 16.0. The van der Waals surface area contributed by atoms with Crippen molar-refractivity contribution >= 4 is 21.1 Å². The van der Waals surface area contributed by atoms with Crippen LogP contribution in [-0.2, 0) is 10.0 Å². The van der Waals surface area contributed by atoms with Gasteiger partial charge in [0.25, 0.3) is 10.0 Å². The molecule has 1 aliphatic carbocycles. The predicted molar refractivity (Wildman–Crippen MR) is 107 cm³/mol. The fourth-order valence-electron chi connectivity index (χ4n) is 4.20. The molecule has 1 saturated carbocycles. The molecular weight excluding hydrogens is 377 g/mol. The first-order valence-electron chi connectivity index (χ1n) is 9.51. The monoisotopic (exact) mass is 401 g/mol. The van der Waals surface area contributed by atoms with E-state index < -0.39 is 15.8 Å². The lowest BCUT2D eigenvalue weighted by Crippen LogP contribution is -2.31. The van der Waals surface area contributed by atoms with Gasteiger partial charge in [0.2, 0.25) is 0 Å². The SMILES string of the molecule is CN(C)C1CCC(c2cn(S(=O)(=O)c3cccc(F)c3)c3cccnc23)CC1. The summed E-state index contributed by atoms with van der Waals surface area (Å²) >= 11 is 0. The Morgan fingerprint density at radius 1 is 1.11 bits per heavy atom. The second-order valence-corrected chi connectivity index (χ2v) is 9.50. The number of halogens is 1. The second kappa shape index (κ2) is 7.29. The first kappa shape index (κ1) is 19.1. The minimum absolute atomic E-state index is 0.0591. The molecule has 1 aromatic carbocycles. The Bertz CT molecular complexity index is 1100. The summed E-state index contributed by atoms with van der Waals surface area (Å²) in [5.41, 5.74) is 2.22. The molecule has 0 atom stereocenters. The molecule has 148 valence electrons. The molecule has 4 rings (SSSR count). The van der Waals surface area contributed by atoms with Crippen LogP contribution in [0.15, 0.2) is 53.7 Å². The van der Waals surface area contributed by atoms with Gasteiger partial charge in [0.1, 0.15) is 5.82 Å². The van der Waals surface area contributed by atoms with Crippen molar-refractivity contribution in [2.75, 3.05) is 14.1 Å². The van der Waals surface area contributed by atoms with E-state index in [1.165, 1.54) is 22.2 Å². The Labute approximate surface area is 164 Å². The van der Waals surface area contributed by atoms with Gasteiger partial charge in [0.15, 0.2) is 0 Å². The lowest BCUT2D eigenvalue weighted by molar-refractivity contribution is 0.217. The van der Waals surface area contributed by atoms with E-state index in [0.29, 0.717) is 11.6 Å². The summed E-state index contributed by atoms with van der Waals surface area (Å²) in [7, 11) is 0.301. The third kappa shape index (κ3) is 3.33. The summed E-state index contributed by atoms with van der Waals surface area (Å²) in [6.45, 7) is 0. The van der Waals surface area contributed by atoms with E-state index in [2.05, 4.69) is 24.0 Å². The van der Waals surface area contributed by atoms with Crippen molar-refractivity contribution in [3.05, 3.63) is 60.2 Å². The molecule has 28 heavy (non-hydrogen) atoms. The number of rotatable bonds is 4. The molecule has 0 saturated heterocycles. The standard InChI is InChI=1S/C21H24FN3O2S/c1-24(2)17-10-8-15(9-11-17)19-14-25(20-7-4-12-23-21(19)20)28(26,27)18-6-3-5-16(22)13-18/h3-7,12-15,17H,8-11H2,1-2H3. The van der Waals surface area contributed by atoms with E-state index in [9.17, 15) is 12.8 Å². The normalized spacial score (nSPS) is 20.7. The van der Waals surface area contributed by atoms with Crippen LogP contribution in [0.4, 0.5) is 4.39 Å². The van der Waals surface area contributed by atoms with Crippen LogP contribution in [0.2, 0.25) is 0 Å². The van der Waals surface area contributed by atoms with Crippen LogP contribution in [0, 0.1) is 5.82 Å². The molecule has 1 fully saturated rings. The van der Waals surface area contributed by atoms with E-state index >= 15 is 0 Å². The smallest absolute Gasteiger partial charge is 0.268 e. The average Bonchev–Trinajstić information content (AvgIpc) is 3.08. The van der Waals surface area contributed by atoms with Crippen LogP contribution >= 0.6 is 0 Å². The van der Waals surface area contributed by atoms with Gasteiger partial charge in [0, 0.05) is 24.0 Å². The molecule has 0 spiro atoms. The van der Waals surface area contributed by atoms with Crippen molar-refractivity contribution < 1.29 is 12.8 Å². The van der Waals surface area contributed by atoms with Gasteiger partial charge in [-0.25, -0.2) is 16.8 Å². The molecule has 1 aliphatic rings. The van der Waals surface area contributed by atoms with Gasteiger partial charge in [0.05, 0.1) is 15.9 Å². The van der Waals surface area contributed by atoms with Gasteiger partial charge >= 0.3 is 0 Å². The fraction of sp³-hybridized carbons (Fsp3) is 0.381. The van der Waals surface area contributed by atoms with Gasteiger partial charge in [-0.3, -0.25) is 4.98 Å². The Morgan fingerprint density at radius 3 is 2.54 bits per heavy atom. The quantitative estimate of drug-likeness (QED) is 0.663. The van der Waals surface area contributed by atoms with Gasteiger partial charge < -0.3 is 4.90 Å². The summed E-state index contributed by atoms with van der Waals surface area (Å²) in [5, 5.41) is 0. The zero-order chi connectivity index (χ0) is 19.9. The van der Waals surface area contributed by atoms with Gasteiger partial charge in [-0.1, -0.05) is 6.07 Å². The average molecular weight is 402 g/mol. The highest BCUT2D eigenvalue weighted by atomic mass is 32.2. The van der Waals surface area contributed by atoms with Crippen molar-refractivity contribution in [2.45, 2.75) is 42.5 Å². The van der Waals surface area contributed by atoms with Gasteiger partial charge in [-0.2, -0.15) is 0 Å². The predicted octanol–water partition coefficient (Wildman–Crippen LogP) is 4.00. The Morgan fingerprint density at radius 2 is 1.86 bits per heavy atom. The molecule has 2 aromatic heterocycles. The van der Waals surface area contributed by atoms with Crippen LogP contribution in [0.25, 0.3) is 11.0 Å². The summed E-state index contributed by atoms with van der Waals surface area (Å²) in [5.74, 6) is -0.296. The molecule has 7 heteroatoms. The summed E-state index contributed by atoms with van der Waals surface area (Å²) in [6, 6.07) is 9.18. The highest BCUT2D eigenvalue weighted by Crippen LogP contribution is 2.38. The highest BCUT2D eigenvalue weighted by molar-refractivity contribution is 7.90. The van der Waals surface area contributed by atoms with Crippen molar-refractivity contribution in [3.8, 4) is 0 Å². The van der Waals surface area contributed by atoms with Crippen molar-refractivity contribution in [2.24, 2.45) is 0 Å². The molecule has 5 nitrogen and oxygen atoms in total. The Balaban J connectivity index is 1.78. The molecular formula is C21H24FN3O2S. The number of nitrogens with zero attached hydrogens (tertiary/aromatic N) is 3. The third-order valence-corrected chi connectivity index (χ3v) is 7.44. The number of hydrogen-bond acceptors (Lipinski definition) is 4. The van der Waals surface area contributed by atoms with Crippen LogP contribution < -0.4 is 0 Å². The van der Waals surface area contributed by atoms with E-state index in [-0.39, 0.29) is 10.8 Å². The highest BCUT2D eigenvalue weighted by Gasteiger charge is 2.29. The van der Waals surface area contributed by atoms with Crippen LogP contribution in [0.1, 0.15) is 37.2 Å². The molecule has 2 heterocycles. The maximum absolute atomic E-state index is 13.6. The summed E-state index contributed by atoms with van der Waals surface area (Å²) < 4.78 is 41.3. The number of benzene rings is 1. The maximum Gasteiger partial charge on any atom is 0.268 e. The van der Waals surface area contributed by atoms with Gasteiger partial charge in [-0.15, -0.1) is 0 Å². The van der Waals surface area contributed by atoms with E-state index in [0.717, 1.165) is 42.8 Å². The van der Waals surface area contributed by atoms with Crippen LogP contribution in [0.5, 0.6) is 0 Å². The Kier molecular flexibility index (Phi) is 4.97. The summed E-state index contributed by atoms with van der Waals surface area (Å²) in [4.78, 5) is 6.68. The van der Waals surface area contributed by atoms with Crippen molar-refractivity contribution in [1.29, 1.82) is 0 Å². The molecule has 0 amide bonds. The third-order valence-electron chi connectivity index (χ3n) is 5.77.